The summed E-state index contributed by atoms with van der Waals surface area (Å²) < 4.78 is 1.82. The zero-order valence-corrected chi connectivity index (χ0v) is 15.2. The first-order valence-electron chi connectivity index (χ1n) is 5.20. The lowest BCUT2D eigenvalue weighted by Crippen LogP contribution is -2.26. The lowest BCUT2D eigenvalue weighted by atomic mass is 9.99. The molecule has 2 atom stereocenters. The predicted octanol–water partition coefficient (Wildman–Crippen LogP) is 4.26. The Morgan fingerprint density at radius 3 is 2.33 bits per heavy atom. The van der Waals surface area contributed by atoms with Gasteiger partial charge in [-0.3, -0.25) is 0 Å². The number of hydrogen-bond acceptors (Lipinski definition) is 3. The smallest absolute Gasteiger partial charge is 0.144 e. The molecule has 18 heavy (non-hydrogen) atoms. The van der Waals surface area contributed by atoms with Gasteiger partial charge in [0, 0.05) is 10.0 Å². The zero-order chi connectivity index (χ0) is 13.2. The summed E-state index contributed by atoms with van der Waals surface area (Å²) in [5.41, 5.74) is 6.68. The molecule has 0 heterocycles. The van der Waals surface area contributed by atoms with Crippen molar-refractivity contribution < 1.29 is 10.2 Å². The normalized spacial score (nSPS) is 13.9. The molecular formula is C11H15Br3ClNO2. The van der Waals surface area contributed by atoms with Crippen LogP contribution in [0.25, 0.3) is 0 Å². The fourth-order valence-corrected chi connectivity index (χ4v) is 4.22. The average Bonchev–Trinajstić information content (AvgIpc) is 2.26. The fraction of sp³-hybridized carbons (Fsp3) is 0.455. The lowest BCUT2D eigenvalue weighted by Gasteiger charge is -2.22. The van der Waals surface area contributed by atoms with E-state index in [9.17, 15) is 10.2 Å². The van der Waals surface area contributed by atoms with Gasteiger partial charge in [0.2, 0.25) is 0 Å². The number of hydrogen-bond donors (Lipinski definition) is 3. The second-order valence-corrected chi connectivity index (χ2v) is 6.30. The molecule has 1 aromatic rings. The van der Waals surface area contributed by atoms with E-state index in [1.807, 2.05) is 6.92 Å². The highest BCUT2D eigenvalue weighted by Gasteiger charge is 2.23. The van der Waals surface area contributed by atoms with Gasteiger partial charge in [-0.15, -0.1) is 12.4 Å². The second-order valence-electron chi connectivity index (χ2n) is 3.80. The van der Waals surface area contributed by atoms with Crippen molar-refractivity contribution in [2.75, 3.05) is 0 Å². The number of aliphatic hydroxyl groups is 1. The third-order valence-electron chi connectivity index (χ3n) is 2.51. The standard InChI is InChI=1S/C11H14Br3NO2.ClH/c1-2-3-7(16)10(15)8-5(12)4-6(13)11(17)9(8)14;/h4,7,10,16-17H,2-3,15H2,1H3;1H/t7-,10-;/m0./s1. The van der Waals surface area contributed by atoms with Crippen LogP contribution in [-0.4, -0.2) is 16.3 Å². The van der Waals surface area contributed by atoms with Gasteiger partial charge in [-0.2, -0.15) is 0 Å². The molecule has 3 nitrogen and oxygen atoms in total. The Labute approximate surface area is 138 Å². The SMILES string of the molecule is CCC[C@H](O)[C@H](N)c1c(Br)cc(Br)c(O)c1Br.Cl. The molecule has 0 fully saturated rings. The maximum Gasteiger partial charge on any atom is 0.144 e. The summed E-state index contributed by atoms with van der Waals surface area (Å²) in [6, 6.07) is 1.17. The molecule has 0 aliphatic rings. The van der Waals surface area contributed by atoms with Gasteiger partial charge in [-0.05, 0) is 44.3 Å². The van der Waals surface area contributed by atoms with E-state index in [0.29, 0.717) is 20.9 Å². The lowest BCUT2D eigenvalue weighted by molar-refractivity contribution is 0.133. The Kier molecular flexibility index (Phi) is 8.37. The molecule has 0 spiro atoms. The summed E-state index contributed by atoms with van der Waals surface area (Å²) in [6.45, 7) is 1.99. The van der Waals surface area contributed by atoms with Crippen molar-refractivity contribution in [2.45, 2.75) is 31.9 Å². The Balaban J connectivity index is 0.00000289. The first-order valence-corrected chi connectivity index (χ1v) is 7.58. The van der Waals surface area contributed by atoms with Crippen molar-refractivity contribution in [3.05, 3.63) is 25.0 Å². The zero-order valence-electron chi connectivity index (χ0n) is 9.66. The van der Waals surface area contributed by atoms with Crippen molar-refractivity contribution in [3.63, 3.8) is 0 Å². The molecule has 4 N–H and O–H groups in total. The van der Waals surface area contributed by atoms with Crippen LogP contribution in [-0.2, 0) is 0 Å². The van der Waals surface area contributed by atoms with E-state index in [4.69, 9.17) is 5.73 Å². The van der Waals surface area contributed by atoms with Gasteiger partial charge in [0.15, 0.2) is 0 Å². The largest absolute Gasteiger partial charge is 0.506 e. The number of halogens is 4. The van der Waals surface area contributed by atoms with E-state index < -0.39 is 12.1 Å². The predicted molar refractivity (Wildman–Crippen MR) is 86.3 cm³/mol. The summed E-state index contributed by atoms with van der Waals surface area (Å²) in [4.78, 5) is 0. The highest BCUT2D eigenvalue weighted by Crippen LogP contribution is 2.42. The van der Waals surface area contributed by atoms with E-state index in [2.05, 4.69) is 47.8 Å². The van der Waals surface area contributed by atoms with Crippen molar-refractivity contribution in [2.24, 2.45) is 5.73 Å². The molecule has 1 aromatic carbocycles. The first kappa shape index (κ1) is 18.7. The number of phenolic OH excluding ortho intramolecular Hbond substituents is 1. The van der Waals surface area contributed by atoms with Crippen molar-refractivity contribution in [1.29, 1.82) is 0 Å². The molecule has 0 saturated heterocycles. The van der Waals surface area contributed by atoms with Crippen LogP contribution in [0.3, 0.4) is 0 Å². The molecular weight excluding hydrogens is 453 g/mol. The Hall–Kier alpha value is 0.670. The van der Waals surface area contributed by atoms with Gasteiger partial charge < -0.3 is 15.9 Å². The summed E-state index contributed by atoms with van der Waals surface area (Å²) >= 11 is 9.93. The molecule has 7 heteroatoms. The van der Waals surface area contributed by atoms with E-state index in [1.54, 1.807) is 6.07 Å². The van der Waals surface area contributed by atoms with Gasteiger partial charge in [-0.1, -0.05) is 29.3 Å². The van der Waals surface area contributed by atoms with Crippen LogP contribution in [0.4, 0.5) is 0 Å². The minimum absolute atomic E-state index is 0. The van der Waals surface area contributed by atoms with Crippen molar-refractivity contribution in [1.82, 2.24) is 0 Å². The van der Waals surface area contributed by atoms with Crippen LogP contribution in [0, 0.1) is 0 Å². The molecule has 0 aliphatic carbocycles. The fourth-order valence-electron chi connectivity index (χ4n) is 1.57. The van der Waals surface area contributed by atoms with Crippen LogP contribution in [0.1, 0.15) is 31.4 Å². The average molecular weight is 468 g/mol. The number of nitrogens with two attached hydrogens (primary N) is 1. The maximum atomic E-state index is 9.92. The van der Waals surface area contributed by atoms with E-state index in [1.165, 1.54) is 0 Å². The van der Waals surface area contributed by atoms with Crippen molar-refractivity contribution in [3.8, 4) is 5.75 Å². The van der Waals surface area contributed by atoms with Gasteiger partial charge in [0.05, 0.1) is 21.1 Å². The van der Waals surface area contributed by atoms with Crippen LogP contribution in [0.5, 0.6) is 5.75 Å². The quantitative estimate of drug-likeness (QED) is 0.619. The minimum Gasteiger partial charge on any atom is -0.506 e. The van der Waals surface area contributed by atoms with E-state index in [-0.39, 0.29) is 18.2 Å². The summed E-state index contributed by atoms with van der Waals surface area (Å²) in [5, 5.41) is 19.7. The monoisotopic (exact) mass is 465 g/mol. The molecule has 1 rings (SSSR count). The van der Waals surface area contributed by atoms with Crippen LogP contribution < -0.4 is 5.73 Å². The summed E-state index contributed by atoms with van der Waals surface area (Å²) in [6.07, 6.45) is 0.844. The Morgan fingerprint density at radius 2 is 1.83 bits per heavy atom. The summed E-state index contributed by atoms with van der Waals surface area (Å²) in [5.74, 6) is 0.0855. The number of aromatic hydroxyl groups is 1. The molecule has 0 amide bonds. The number of aliphatic hydroxyl groups excluding tert-OH is 1. The highest BCUT2D eigenvalue weighted by molar-refractivity contribution is 9.11. The molecule has 0 bridgehead atoms. The minimum atomic E-state index is -0.631. The van der Waals surface area contributed by atoms with Crippen LogP contribution in [0.15, 0.2) is 19.5 Å². The molecule has 104 valence electrons. The molecule has 0 radical (unpaired) electrons. The van der Waals surface area contributed by atoms with Gasteiger partial charge >= 0.3 is 0 Å². The van der Waals surface area contributed by atoms with Gasteiger partial charge in [-0.25, -0.2) is 0 Å². The maximum absolute atomic E-state index is 9.92. The third-order valence-corrected chi connectivity index (χ3v) is 4.58. The Morgan fingerprint density at radius 1 is 1.28 bits per heavy atom. The van der Waals surface area contributed by atoms with Crippen molar-refractivity contribution >= 4 is 60.2 Å². The molecule has 0 unspecified atom stereocenters. The number of phenols is 1. The highest BCUT2D eigenvalue weighted by atomic mass is 79.9. The van der Waals surface area contributed by atoms with Crippen LogP contribution in [0.2, 0.25) is 0 Å². The Bertz CT molecular complexity index is 418. The molecule has 0 saturated carbocycles. The van der Waals surface area contributed by atoms with Crippen LogP contribution >= 0.6 is 60.2 Å². The second kappa shape index (κ2) is 8.07. The third kappa shape index (κ3) is 4.08. The van der Waals surface area contributed by atoms with E-state index >= 15 is 0 Å². The topological polar surface area (TPSA) is 66.5 Å². The van der Waals surface area contributed by atoms with Gasteiger partial charge in [0.1, 0.15) is 5.75 Å². The molecule has 0 aliphatic heterocycles. The number of rotatable bonds is 4. The van der Waals surface area contributed by atoms with Gasteiger partial charge in [0.25, 0.3) is 0 Å². The first-order chi connectivity index (χ1) is 7.90. The summed E-state index contributed by atoms with van der Waals surface area (Å²) in [7, 11) is 0. The van der Waals surface area contributed by atoms with E-state index in [0.717, 1.165) is 10.9 Å². The molecule has 0 aromatic heterocycles. The number of benzene rings is 1.